The number of ether oxygens (including phenoxy) is 2. The maximum Gasteiger partial charge on any atom is 0.241 e. The normalized spacial score (nSPS) is 13.3. The number of benzene rings is 3. The molecule has 1 aliphatic heterocycles. The van der Waals surface area contributed by atoms with Crippen molar-refractivity contribution in [1.82, 2.24) is 4.90 Å². The zero-order valence-corrected chi connectivity index (χ0v) is 16.8. The van der Waals surface area contributed by atoms with Gasteiger partial charge in [-0.3, -0.25) is 14.5 Å². The molecule has 2 N–H and O–H groups in total. The summed E-state index contributed by atoms with van der Waals surface area (Å²) in [7, 11) is 1.74. The molecule has 1 aliphatic rings. The Bertz CT molecular complexity index is 1090. The molecule has 1 atom stereocenters. The third-order valence-corrected chi connectivity index (χ3v) is 5.14. The summed E-state index contributed by atoms with van der Waals surface area (Å²) in [5.41, 5.74) is 1.37. The minimum atomic E-state index is -0.506. The van der Waals surface area contributed by atoms with Crippen LogP contribution in [0.15, 0.2) is 60.7 Å². The lowest BCUT2D eigenvalue weighted by Crippen LogP contribution is -2.43. The predicted molar refractivity (Wildman–Crippen MR) is 116 cm³/mol. The summed E-state index contributed by atoms with van der Waals surface area (Å²) in [6.07, 6.45) is 0. The molecular formula is C23H23N3O4. The Labute approximate surface area is 174 Å². The van der Waals surface area contributed by atoms with Gasteiger partial charge in [0.2, 0.25) is 18.6 Å². The molecule has 0 saturated carbocycles. The Morgan fingerprint density at radius 3 is 2.63 bits per heavy atom. The second kappa shape index (κ2) is 8.42. The van der Waals surface area contributed by atoms with Crippen LogP contribution in [0.1, 0.15) is 6.92 Å². The molecule has 30 heavy (non-hydrogen) atoms. The molecule has 3 aromatic carbocycles. The molecule has 7 nitrogen and oxygen atoms in total. The van der Waals surface area contributed by atoms with Crippen LogP contribution in [0.4, 0.5) is 11.4 Å². The molecule has 2 amide bonds. The van der Waals surface area contributed by atoms with Gasteiger partial charge in [0.05, 0.1) is 12.6 Å². The van der Waals surface area contributed by atoms with Gasteiger partial charge in [0, 0.05) is 22.8 Å². The van der Waals surface area contributed by atoms with Gasteiger partial charge in [-0.1, -0.05) is 36.4 Å². The molecule has 0 saturated heterocycles. The minimum Gasteiger partial charge on any atom is -0.454 e. The fourth-order valence-electron chi connectivity index (χ4n) is 3.31. The van der Waals surface area contributed by atoms with E-state index >= 15 is 0 Å². The van der Waals surface area contributed by atoms with Crippen LogP contribution < -0.4 is 20.1 Å². The number of carbonyl (C=O) groups is 2. The maximum atomic E-state index is 12.6. The predicted octanol–water partition coefficient (Wildman–Crippen LogP) is 3.47. The molecule has 3 aromatic rings. The SMILES string of the molecule is C[C@@H](C(=O)Nc1ccc2c(c1)OCO2)N(C)CC(=O)Nc1cccc2ccccc12. The maximum absolute atomic E-state index is 12.6. The average molecular weight is 405 g/mol. The number of hydrogen-bond donors (Lipinski definition) is 2. The molecule has 4 rings (SSSR count). The van der Waals surface area contributed by atoms with Crippen LogP contribution in [0, 0.1) is 0 Å². The molecule has 7 heteroatoms. The van der Waals surface area contributed by atoms with Crippen molar-refractivity contribution in [3.05, 3.63) is 60.7 Å². The van der Waals surface area contributed by atoms with E-state index in [4.69, 9.17) is 9.47 Å². The van der Waals surface area contributed by atoms with E-state index in [0.717, 1.165) is 16.5 Å². The molecule has 0 bridgehead atoms. The summed E-state index contributed by atoms with van der Waals surface area (Å²) in [5.74, 6) is 0.859. The van der Waals surface area contributed by atoms with E-state index in [9.17, 15) is 9.59 Å². The molecule has 154 valence electrons. The number of nitrogens with zero attached hydrogens (tertiary/aromatic N) is 1. The van der Waals surface area contributed by atoms with Crippen molar-refractivity contribution in [3.63, 3.8) is 0 Å². The molecule has 0 aromatic heterocycles. The van der Waals surface area contributed by atoms with Gasteiger partial charge < -0.3 is 20.1 Å². The fourth-order valence-corrected chi connectivity index (χ4v) is 3.31. The second-order valence-electron chi connectivity index (χ2n) is 7.22. The van der Waals surface area contributed by atoms with Crippen LogP contribution in [0.25, 0.3) is 10.8 Å². The van der Waals surface area contributed by atoms with Gasteiger partial charge in [0.15, 0.2) is 11.5 Å². The molecule has 0 unspecified atom stereocenters. The van der Waals surface area contributed by atoms with E-state index in [1.54, 1.807) is 37.1 Å². The zero-order valence-electron chi connectivity index (χ0n) is 16.8. The van der Waals surface area contributed by atoms with Crippen LogP contribution in [0.2, 0.25) is 0 Å². The van der Waals surface area contributed by atoms with Gasteiger partial charge >= 0.3 is 0 Å². The molecule has 0 spiro atoms. The number of fused-ring (bicyclic) bond motifs is 2. The molecule has 0 radical (unpaired) electrons. The molecule has 1 heterocycles. The lowest BCUT2D eigenvalue weighted by Gasteiger charge is -2.23. The quantitative estimate of drug-likeness (QED) is 0.657. The van der Waals surface area contributed by atoms with Gasteiger partial charge in [0.25, 0.3) is 0 Å². The summed E-state index contributed by atoms with van der Waals surface area (Å²) in [4.78, 5) is 26.9. The first kappa shape index (κ1) is 19.7. The first-order valence-electron chi connectivity index (χ1n) is 9.69. The Morgan fingerprint density at radius 2 is 1.77 bits per heavy atom. The topological polar surface area (TPSA) is 79.9 Å². The first-order chi connectivity index (χ1) is 14.5. The average Bonchev–Trinajstić information content (AvgIpc) is 3.21. The van der Waals surface area contributed by atoms with Crippen molar-refractivity contribution in [2.45, 2.75) is 13.0 Å². The van der Waals surface area contributed by atoms with Crippen molar-refractivity contribution in [2.24, 2.45) is 0 Å². The van der Waals surface area contributed by atoms with Crippen LogP contribution >= 0.6 is 0 Å². The van der Waals surface area contributed by atoms with E-state index in [-0.39, 0.29) is 25.2 Å². The standard InChI is InChI=1S/C23H23N3O4/c1-15(23(28)24-17-10-11-20-21(12-17)30-14-29-20)26(2)13-22(27)25-19-9-5-7-16-6-3-4-8-18(16)19/h3-12,15H,13-14H2,1-2H3,(H,24,28)(H,25,27)/t15-/m0/s1. The second-order valence-corrected chi connectivity index (χ2v) is 7.22. The fraction of sp³-hybridized carbons (Fsp3) is 0.217. The third-order valence-electron chi connectivity index (χ3n) is 5.14. The van der Waals surface area contributed by atoms with E-state index in [1.807, 2.05) is 42.5 Å². The molecule has 0 aliphatic carbocycles. The number of likely N-dealkylation sites (N-methyl/N-ethyl adjacent to an activating group) is 1. The number of hydrogen-bond acceptors (Lipinski definition) is 5. The Hall–Kier alpha value is -3.58. The Kier molecular flexibility index (Phi) is 5.54. The highest BCUT2D eigenvalue weighted by atomic mass is 16.7. The van der Waals surface area contributed by atoms with Crippen molar-refractivity contribution in [1.29, 1.82) is 0 Å². The lowest BCUT2D eigenvalue weighted by atomic mass is 10.1. The van der Waals surface area contributed by atoms with Crippen molar-refractivity contribution in [3.8, 4) is 11.5 Å². The highest BCUT2D eigenvalue weighted by Gasteiger charge is 2.21. The Balaban J connectivity index is 1.36. The van der Waals surface area contributed by atoms with Crippen LogP contribution in [-0.2, 0) is 9.59 Å². The van der Waals surface area contributed by atoms with Gasteiger partial charge in [-0.2, -0.15) is 0 Å². The van der Waals surface area contributed by atoms with Gasteiger partial charge in [0.1, 0.15) is 0 Å². The van der Waals surface area contributed by atoms with Gasteiger partial charge in [-0.25, -0.2) is 0 Å². The van der Waals surface area contributed by atoms with Crippen LogP contribution in [0.5, 0.6) is 11.5 Å². The van der Waals surface area contributed by atoms with Crippen LogP contribution in [0.3, 0.4) is 0 Å². The van der Waals surface area contributed by atoms with E-state index in [1.165, 1.54) is 0 Å². The number of nitrogens with one attached hydrogen (secondary N) is 2. The minimum absolute atomic E-state index is 0.0823. The van der Waals surface area contributed by atoms with Crippen molar-refractivity contribution < 1.29 is 19.1 Å². The first-order valence-corrected chi connectivity index (χ1v) is 9.69. The highest BCUT2D eigenvalue weighted by Crippen LogP contribution is 2.34. The van der Waals surface area contributed by atoms with Crippen molar-refractivity contribution in [2.75, 3.05) is 31.0 Å². The summed E-state index contributed by atoms with van der Waals surface area (Å²) < 4.78 is 10.6. The zero-order chi connectivity index (χ0) is 21.1. The van der Waals surface area contributed by atoms with Gasteiger partial charge in [-0.15, -0.1) is 0 Å². The largest absolute Gasteiger partial charge is 0.454 e. The third kappa shape index (κ3) is 4.21. The number of rotatable bonds is 6. The summed E-state index contributed by atoms with van der Waals surface area (Å²) in [6, 6.07) is 18.4. The summed E-state index contributed by atoms with van der Waals surface area (Å²) in [5, 5.41) is 7.83. The number of amides is 2. The number of anilines is 2. The van der Waals surface area contributed by atoms with E-state index < -0.39 is 6.04 Å². The van der Waals surface area contributed by atoms with Crippen LogP contribution in [-0.4, -0.2) is 43.1 Å². The number of carbonyl (C=O) groups excluding carboxylic acids is 2. The highest BCUT2D eigenvalue weighted by molar-refractivity contribution is 6.03. The summed E-state index contributed by atoms with van der Waals surface area (Å²) >= 11 is 0. The summed E-state index contributed by atoms with van der Waals surface area (Å²) in [6.45, 7) is 2.02. The van der Waals surface area contributed by atoms with E-state index in [2.05, 4.69) is 10.6 Å². The smallest absolute Gasteiger partial charge is 0.241 e. The van der Waals surface area contributed by atoms with E-state index in [0.29, 0.717) is 17.2 Å². The molecular weight excluding hydrogens is 382 g/mol. The van der Waals surface area contributed by atoms with Gasteiger partial charge in [-0.05, 0) is 37.6 Å². The monoisotopic (exact) mass is 405 g/mol. The van der Waals surface area contributed by atoms with Crippen molar-refractivity contribution >= 4 is 34.0 Å². The Morgan fingerprint density at radius 1 is 1.00 bits per heavy atom. The molecule has 0 fully saturated rings. The lowest BCUT2D eigenvalue weighted by molar-refractivity contribution is -0.122.